The number of likely N-dealkylation sites (N-methyl/N-ethyl adjacent to an activating group) is 2. The minimum atomic E-state index is -0.544. The summed E-state index contributed by atoms with van der Waals surface area (Å²) in [6, 6.07) is 22.0. The van der Waals surface area contributed by atoms with Crippen molar-refractivity contribution in [1.82, 2.24) is 38.5 Å². The predicted octanol–water partition coefficient (Wildman–Crippen LogP) is 8.48. The van der Waals surface area contributed by atoms with Crippen molar-refractivity contribution >= 4 is 62.6 Å². The summed E-state index contributed by atoms with van der Waals surface area (Å²) in [5, 5.41) is 2.72. The van der Waals surface area contributed by atoms with Crippen molar-refractivity contribution in [2.45, 2.75) is 62.7 Å². The lowest BCUT2D eigenvalue weighted by molar-refractivity contribution is -0.132. The molecule has 17 heteroatoms. The highest BCUT2D eigenvalue weighted by atomic mass is 35.5. The van der Waals surface area contributed by atoms with Gasteiger partial charge in [0.25, 0.3) is 11.8 Å². The molecule has 6 heterocycles. The van der Waals surface area contributed by atoms with Gasteiger partial charge in [-0.05, 0) is 100 Å². The molecule has 4 fully saturated rings. The van der Waals surface area contributed by atoms with Gasteiger partial charge in [-0.2, -0.15) is 0 Å². The van der Waals surface area contributed by atoms with E-state index >= 15 is 4.79 Å². The van der Waals surface area contributed by atoms with Crippen molar-refractivity contribution in [2.24, 2.45) is 0 Å². The number of fused-ring (bicyclic) bond motifs is 2. The van der Waals surface area contributed by atoms with E-state index in [9.17, 15) is 9.59 Å². The summed E-state index contributed by atoms with van der Waals surface area (Å²) in [7, 11) is 11.0. The van der Waals surface area contributed by atoms with Gasteiger partial charge < -0.3 is 47.7 Å². The van der Waals surface area contributed by atoms with Crippen molar-refractivity contribution in [3.63, 3.8) is 0 Å². The number of hydrogen-bond acceptors (Lipinski definition) is 11. The lowest BCUT2D eigenvalue weighted by atomic mass is 9.88. The molecule has 4 aromatic carbocycles. The van der Waals surface area contributed by atoms with Crippen LogP contribution in [0.1, 0.15) is 69.4 Å². The van der Waals surface area contributed by atoms with Crippen LogP contribution in [0.25, 0.3) is 21.8 Å². The number of piperazine rings is 2. The molecule has 4 aliphatic heterocycles. The molecule has 2 amide bonds. The zero-order chi connectivity index (χ0) is 53.2. The summed E-state index contributed by atoms with van der Waals surface area (Å²) in [6.45, 7) is 9.05. The van der Waals surface area contributed by atoms with Gasteiger partial charge in [-0.15, -0.1) is 0 Å². The number of rotatable bonds is 16. The molecule has 2 atom stereocenters. The number of halogens is 2. The van der Waals surface area contributed by atoms with Crippen LogP contribution in [0.4, 0.5) is 0 Å². The van der Waals surface area contributed by atoms with Crippen LogP contribution in [0.15, 0.2) is 85.2 Å². The summed E-state index contributed by atoms with van der Waals surface area (Å²) in [4.78, 5) is 58.9. The van der Waals surface area contributed by atoms with Crippen molar-refractivity contribution < 1.29 is 33.3 Å². The standard InChI is InChI=1S/C59H72Cl2N8O7/c1-62-25-29-64(30-26-62)49(37-68-35-45(43-15-13-41(60)33-47(43)68)58(71)66-21-17-39(18-22-66)55-51(73-3)9-7-10-52(55)74-4)57(70)50(65-31-27-63(2)28-32-65)38-69-36-46(44-16-14-42(61)34-48(44)69)59(72)67-23-19-40(20-24-67)56-53(75-5)11-8-12-54(56)76-6/h7-16,33-36,39-40,49-50H,17-32,37-38H2,1-6H3. The Bertz CT molecular complexity index is 2810. The van der Waals surface area contributed by atoms with Crippen molar-refractivity contribution in [1.29, 1.82) is 0 Å². The molecule has 6 aromatic rings. The number of piperidine rings is 2. The first-order valence-electron chi connectivity index (χ1n) is 26.8. The van der Waals surface area contributed by atoms with Crippen LogP contribution >= 0.6 is 23.2 Å². The first-order chi connectivity index (χ1) is 36.9. The monoisotopic (exact) mass is 1070 g/mol. The van der Waals surface area contributed by atoms with E-state index in [1.54, 1.807) is 28.4 Å². The van der Waals surface area contributed by atoms with Crippen LogP contribution in [-0.2, 0) is 17.9 Å². The van der Waals surface area contributed by atoms with Crippen LogP contribution in [0.5, 0.6) is 23.0 Å². The number of amides is 2. The fraction of sp³-hybridized carbons (Fsp3) is 0.475. The average molecular weight is 1080 g/mol. The van der Waals surface area contributed by atoms with E-state index in [-0.39, 0.29) is 29.4 Å². The lowest BCUT2D eigenvalue weighted by Gasteiger charge is -2.42. The van der Waals surface area contributed by atoms with Gasteiger partial charge in [0.1, 0.15) is 23.0 Å². The first kappa shape index (κ1) is 53.6. The second-order valence-electron chi connectivity index (χ2n) is 21.1. The van der Waals surface area contributed by atoms with Crippen LogP contribution < -0.4 is 18.9 Å². The average Bonchev–Trinajstić information content (AvgIpc) is 4.03. The maximum Gasteiger partial charge on any atom is 0.256 e. The Balaban J connectivity index is 0.950. The number of Topliss-reactive ketones (excluding diaryl/α,β-unsaturated/α-hetero) is 1. The largest absolute Gasteiger partial charge is 0.496 e. The van der Waals surface area contributed by atoms with Crippen molar-refractivity contribution in [2.75, 3.05) is 121 Å². The third-order valence-electron chi connectivity index (χ3n) is 16.8. The molecule has 0 spiro atoms. The van der Waals surface area contributed by atoms with Gasteiger partial charge in [0, 0.05) is 136 Å². The molecule has 404 valence electrons. The number of ether oxygens (including phenoxy) is 4. The Labute approximate surface area is 456 Å². The Morgan fingerprint density at radius 3 is 1.17 bits per heavy atom. The van der Waals surface area contributed by atoms with Gasteiger partial charge in [0.15, 0.2) is 5.78 Å². The minimum Gasteiger partial charge on any atom is -0.496 e. The molecule has 0 radical (unpaired) electrons. The van der Waals surface area contributed by atoms with E-state index in [2.05, 4.69) is 42.8 Å². The molecule has 15 nitrogen and oxygen atoms in total. The van der Waals surface area contributed by atoms with Gasteiger partial charge in [0.2, 0.25) is 0 Å². The highest BCUT2D eigenvalue weighted by molar-refractivity contribution is 6.32. The second-order valence-corrected chi connectivity index (χ2v) is 22.0. The molecule has 0 bridgehead atoms. The Morgan fingerprint density at radius 2 is 0.842 bits per heavy atom. The summed E-state index contributed by atoms with van der Waals surface area (Å²) < 4.78 is 27.3. The van der Waals surface area contributed by atoms with E-state index < -0.39 is 12.1 Å². The van der Waals surface area contributed by atoms with Crippen LogP contribution in [0.2, 0.25) is 10.0 Å². The minimum absolute atomic E-state index is 0.0428. The van der Waals surface area contributed by atoms with Gasteiger partial charge >= 0.3 is 0 Å². The fourth-order valence-electron chi connectivity index (χ4n) is 12.5. The van der Waals surface area contributed by atoms with Gasteiger partial charge in [-0.1, -0.05) is 47.5 Å². The number of nitrogens with zero attached hydrogens (tertiary/aromatic N) is 8. The molecule has 4 aliphatic rings. The number of likely N-dealkylation sites (tertiary alicyclic amines) is 2. The Kier molecular flexibility index (Phi) is 16.5. The smallest absolute Gasteiger partial charge is 0.256 e. The molecule has 4 saturated heterocycles. The van der Waals surface area contributed by atoms with Gasteiger partial charge in [-0.3, -0.25) is 24.2 Å². The number of aromatic nitrogens is 2. The van der Waals surface area contributed by atoms with E-state index in [1.165, 1.54) is 0 Å². The number of ketones is 1. The first-order valence-corrected chi connectivity index (χ1v) is 27.6. The number of benzene rings is 4. The SMILES string of the molecule is COc1cccc(OC)c1C1CCN(C(=O)c2cn(CC(C(=O)C(Cn3cc(C(=O)N4CCC(c5c(OC)cccc5OC)CC4)c4ccc(Cl)cc43)N3CCN(C)CC3)N3CCN(C)CC3)c3cc(Cl)ccc23)CC1. The van der Waals surface area contributed by atoms with Gasteiger partial charge in [0.05, 0.1) is 62.7 Å². The molecular formula is C59H72Cl2N8O7. The van der Waals surface area contributed by atoms with Crippen LogP contribution in [-0.4, -0.2) is 189 Å². The summed E-state index contributed by atoms with van der Waals surface area (Å²) in [6.07, 6.45) is 6.96. The Hall–Kier alpha value is -5.81. The number of methoxy groups -OCH3 is 4. The normalized spacial score (nSPS) is 18.8. The van der Waals surface area contributed by atoms with Crippen LogP contribution in [0.3, 0.4) is 0 Å². The number of carbonyl (C=O) groups is 3. The quantitative estimate of drug-likeness (QED) is 0.0930. The topological polar surface area (TPSA) is 117 Å². The molecule has 2 aromatic heterocycles. The zero-order valence-corrected chi connectivity index (χ0v) is 46.3. The summed E-state index contributed by atoms with van der Waals surface area (Å²) >= 11 is 13.6. The number of carbonyl (C=O) groups excluding carboxylic acids is 3. The second kappa shape index (κ2) is 23.4. The van der Waals surface area contributed by atoms with Gasteiger partial charge in [-0.25, -0.2) is 0 Å². The fourth-order valence-corrected chi connectivity index (χ4v) is 12.8. The van der Waals surface area contributed by atoms with Crippen LogP contribution in [0, 0.1) is 0 Å². The molecule has 10 rings (SSSR count). The summed E-state index contributed by atoms with van der Waals surface area (Å²) in [5.74, 6) is 3.54. The molecule has 0 N–H and O–H groups in total. The number of hydrogen-bond donors (Lipinski definition) is 0. The Morgan fingerprint density at radius 1 is 0.500 bits per heavy atom. The van der Waals surface area contributed by atoms with E-state index in [0.717, 1.165) is 108 Å². The van der Waals surface area contributed by atoms with Crippen molar-refractivity contribution in [3.05, 3.63) is 117 Å². The third-order valence-corrected chi connectivity index (χ3v) is 17.3. The van der Waals surface area contributed by atoms with E-state index in [0.29, 0.717) is 86.6 Å². The molecule has 2 unspecified atom stereocenters. The maximum absolute atomic E-state index is 16.1. The molecular weight excluding hydrogens is 1000 g/mol. The highest BCUT2D eigenvalue weighted by Gasteiger charge is 2.39. The molecule has 76 heavy (non-hydrogen) atoms. The van der Waals surface area contributed by atoms with Crippen molar-refractivity contribution in [3.8, 4) is 23.0 Å². The zero-order valence-electron chi connectivity index (χ0n) is 44.8. The van der Waals surface area contributed by atoms with E-state index in [1.807, 2.05) is 95.0 Å². The van der Waals surface area contributed by atoms with E-state index in [4.69, 9.17) is 42.1 Å². The highest BCUT2D eigenvalue weighted by Crippen LogP contribution is 2.43. The third kappa shape index (κ3) is 10.9. The lowest BCUT2D eigenvalue weighted by Crippen LogP contribution is -2.60. The molecule has 0 saturated carbocycles. The summed E-state index contributed by atoms with van der Waals surface area (Å²) in [5.41, 5.74) is 4.90. The molecule has 0 aliphatic carbocycles. The predicted molar refractivity (Wildman–Crippen MR) is 299 cm³/mol. The maximum atomic E-state index is 16.1.